The third-order valence-corrected chi connectivity index (χ3v) is 2.50. The van der Waals surface area contributed by atoms with E-state index in [4.69, 9.17) is 11.5 Å². The summed E-state index contributed by atoms with van der Waals surface area (Å²) in [5.41, 5.74) is 10.5. The van der Waals surface area contributed by atoms with E-state index < -0.39 is 17.9 Å². The van der Waals surface area contributed by atoms with Gasteiger partial charge in [0.25, 0.3) is 0 Å². The number of carbonyl (C=O) groups excluding carboxylic acids is 3. The summed E-state index contributed by atoms with van der Waals surface area (Å²) in [7, 11) is 0. The molecule has 8 heteroatoms. The topological polar surface area (TPSA) is 127 Å². The van der Waals surface area contributed by atoms with Crippen molar-refractivity contribution in [1.82, 2.24) is 10.6 Å². The van der Waals surface area contributed by atoms with E-state index in [0.717, 1.165) is 6.42 Å². The smallest absolute Gasteiger partial charge is 0.240 e. The van der Waals surface area contributed by atoms with Gasteiger partial charge >= 0.3 is 0 Å². The highest BCUT2D eigenvalue weighted by molar-refractivity contribution is 7.81. The zero-order valence-electron chi connectivity index (χ0n) is 10.1. The number of hydrogen-bond acceptors (Lipinski definition) is 5. The van der Waals surface area contributed by atoms with Crippen molar-refractivity contribution in [2.75, 3.05) is 18.8 Å². The van der Waals surface area contributed by atoms with Gasteiger partial charge in [0.05, 0.1) is 12.3 Å². The molecule has 0 aromatic heterocycles. The lowest BCUT2D eigenvalue weighted by Gasteiger charge is -2.15. The molecule has 3 amide bonds. The number of unbranched alkanes of at least 4 members (excludes halogenated alkanes) is 1. The Kier molecular flexibility index (Phi) is 9.03. The molecule has 0 aliphatic rings. The summed E-state index contributed by atoms with van der Waals surface area (Å²) in [5.74, 6) is -1.40. The molecule has 6 N–H and O–H groups in total. The predicted molar refractivity (Wildman–Crippen MR) is 70.9 cm³/mol. The lowest BCUT2D eigenvalue weighted by Crippen LogP contribution is -2.48. The van der Waals surface area contributed by atoms with Crippen molar-refractivity contribution in [3.05, 3.63) is 0 Å². The van der Waals surface area contributed by atoms with Crippen molar-refractivity contribution in [3.63, 3.8) is 0 Å². The summed E-state index contributed by atoms with van der Waals surface area (Å²) in [6, 6.07) is -0.725. The number of carbonyl (C=O) groups is 3. The second kappa shape index (κ2) is 9.72. The Balaban J connectivity index is 4.03. The van der Waals surface area contributed by atoms with Gasteiger partial charge in [-0.2, -0.15) is 12.6 Å². The van der Waals surface area contributed by atoms with Gasteiger partial charge in [0, 0.05) is 0 Å². The Labute approximate surface area is 111 Å². The fourth-order valence-electron chi connectivity index (χ4n) is 1.26. The van der Waals surface area contributed by atoms with Gasteiger partial charge in [0.15, 0.2) is 0 Å². The number of hydrogen-bond donors (Lipinski definition) is 5. The maximum atomic E-state index is 11.4. The first kappa shape index (κ1) is 16.7. The molecule has 0 heterocycles. The van der Waals surface area contributed by atoms with Crippen molar-refractivity contribution in [2.24, 2.45) is 11.5 Å². The van der Waals surface area contributed by atoms with E-state index in [2.05, 4.69) is 23.3 Å². The standard InChI is InChI=1S/C10H20N4O3S/c11-4-2-1-3-7(10(12)17)14-8(15)5-13-9(16)6-18/h7,18H,1-6,11H2,(H2,12,17)(H,13,16)(H,14,15)/t7-/m0/s1. The minimum atomic E-state index is -0.725. The van der Waals surface area contributed by atoms with Crippen LogP contribution in [0.5, 0.6) is 0 Å². The fraction of sp³-hybridized carbons (Fsp3) is 0.700. The van der Waals surface area contributed by atoms with Gasteiger partial charge in [0.1, 0.15) is 6.04 Å². The zero-order valence-corrected chi connectivity index (χ0v) is 11.0. The second-order valence-corrected chi connectivity index (χ2v) is 4.06. The van der Waals surface area contributed by atoms with Crippen molar-refractivity contribution in [1.29, 1.82) is 0 Å². The molecule has 0 aliphatic heterocycles. The van der Waals surface area contributed by atoms with Gasteiger partial charge in [-0.05, 0) is 25.8 Å². The number of nitrogens with two attached hydrogens (primary N) is 2. The highest BCUT2D eigenvalue weighted by Gasteiger charge is 2.17. The molecular formula is C10H20N4O3S. The lowest BCUT2D eigenvalue weighted by molar-refractivity contribution is -0.128. The van der Waals surface area contributed by atoms with Gasteiger partial charge in [0.2, 0.25) is 17.7 Å². The molecule has 0 aromatic carbocycles. The Bertz CT molecular complexity index is 299. The summed E-state index contributed by atoms with van der Waals surface area (Å²) in [6.07, 6.45) is 1.90. The lowest BCUT2D eigenvalue weighted by atomic mass is 10.1. The normalized spacial score (nSPS) is 11.7. The number of nitrogens with one attached hydrogen (secondary N) is 2. The molecule has 0 unspecified atom stereocenters. The third kappa shape index (κ3) is 7.91. The molecule has 0 radical (unpaired) electrons. The molecule has 0 bridgehead atoms. The quantitative estimate of drug-likeness (QED) is 0.250. The minimum absolute atomic E-state index is 0.00300. The number of primary amides is 1. The van der Waals surface area contributed by atoms with E-state index in [1.165, 1.54) is 0 Å². The molecule has 0 fully saturated rings. The monoisotopic (exact) mass is 276 g/mol. The molecule has 0 rings (SSSR count). The van der Waals surface area contributed by atoms with Crippen LogP contribution in [0.2, 0.25) is 0 Å². The first-order valence-electron chi connectivity index (χ1n) is 5.67. The molecule has 0 aromatic rings. The Morgan fingerprint density at radius 2 is 1.83 bits per heavy atom. The van der Waals surface area contributed by atoms with Gasteiger partial charge in [-0.3, -0.25) is 14.4 Å². The highest BCUT2D eigenvalue weighted by Crippen LogP contribution is 1.99. The average molecular weight is 276 g/mol. The average Bonchev–Trinajstić information content (AvgIpc) is 2.34. The van der Waals surface area contributed by atoms with Crippen LogP contribution in [0.1, 0.15) is 19.3 Å². The first-order chi connectivity index (χ1) is 8.51. The van der Waals surface area contributed by atoms with Crippen LogP contribution in [0.15, 0.2) is 0 Å². The van der Waals surface area contributed by atoms with Crippen LogP contribution in [0.4, 0.5) is 0 Å². The Hall–Kier alpha value is -1.28. The number of thiol groups is 1. The van der Waals surface area contributed by atoms with Crippen LogP contribution in [0.25, 0.3) is 0 Å². The van der Waals surface area contributed by atoms with Crippen LogP contribution < -0.4 is 22.1 Å². The largest absolute Gasteiger partial charge is 0.368 e. The van der Waals surface area contributed by atoms with Crippen molar-refractivity contribution >= 4 is 30.4 Å². The molecule has 7 nitrogen and oxygen atoms in total. The van der Waals surface area contributed by atoms with Crippen LogP contribution in [-0.2, 0) is 14.4 Å². The van der Waals surface area contributed by atoms with Crippen molar-refractivity contribution < 1.29 is 14.4 Å². The van der Waals surface area contributed by atoms with Crippen LogP contribution in [0.3, 0.4) is 0 Å². The van der Waals surface area contributed by atoms with Crippen LogP contribution in [0, 0.1) is 0 Å². The van der Waals surface area contributed by atoms with Gasteiger partial charge in [-0.15, -0.1) is 0 Å². The summed E-state index contributed by atoms with van der Waals surface area (Å²) >= 11 is 3.75. The minimum Gasteiger partial charge on any atom is -0.368 e. The molecule has 0 spiro atoms. The first-order valence-corrected chi connectivity index (χ1v) is 6.30. The van der Waals surface area contributed by atoms with E-state index in [1.54, 1.807) is 0 Å². The zero-order chi connectivity index (χ0) is 14.0. The van der Waals surface area contributed by atoms with Crippen LogP contribution in [-0.4, -0.2) is 42.6 Å². The predicted octanol–water partition coefficient (Wildman–Crippen LogP) is -1.87. The molecule has 0 saturated carbocycles. The van der Waals surface area contributed by atoms with E-state index >= 15 is 0 Å². The van der Waals surface area contributed by atoms with Gasteiger partial charge in [-0.1, -0.05) is 0 Å². The molecule has 1 atom stereocenters. The van der Waals surface area contributed by atoms with Gasteiger partial charge in [-0.25, -0.2) is 0 Å². The van der Waals surface area contributed by atoms with E-state index in [1.807, 2.05) is 0 Å². The summed E-state index contributed by atoms with van der Waals surface area (Å²) < 4.78 is 0. The molecular weight excluding hydrogens is 256 g/mol. The Morgan fingerprint density at radius 3 is 2.33 bits per heavy atom. The molecule has 0 aliphatic carbocycles. The Morgan fingerprint density at radius 1 is 1.17 bits per heavy atom. The van der Waals surface area contributed by atoms with E-state index in [9.17, 15) is 14.4 Å². The third-order valence-electron chi connectivity index (χ3n) is 2.22. The van der Waals surface area contributed by atoms with Crippen LogP contribution >= 0.6 is 12.6 Å². The summed E-state index contributed by atoms with van der Waals surface area (Å²) in [5, 5.41) is 4.81. The van der Waals surface area contributed by atoms with E-state index in [0.29, 0.717) is 19.4 Å². The molecule has 0 saturated heterocycles. The van der Waals surface area contributed by atoms with Gasteiger partial charge < -0.3 is 22.1 Å². The van der Waals surface area contributed by atoms with Crippen molar-refractivity contribution in [2.45, 2.75) is 25.3 Å². The maximum absolute atomic E-state index is 11.4. The van der Waals surface area contributed by atoms with Crippen molar-refractivity contribution in [3.8, 4) is 0 Å². The maximum Gasteiger partial charge on any atom is 0.240 e. The highest BCUT2D eigenvalue weighted by atomic mass is 32.1. The molecule has 104 valence electrons. The van der Waals surface area contributed by atoms with E-state index in [-0.39, 0.29) is 18.2 Å². The SMILES string of the molecule is NCCCC[C@H](NC(=O)CNC(=O)CS)C(N)=O. The summed E-state index contributed by atoms with van der Waals surface area (Å²) in [4.78, 5) is 33.4. The second-order valence-electron chi connectivity index (χ2n) is 3.74. The number of amides is 3. The number of rotatable bonds is 9. The summed E-state index contributed by atoms with van der Waals surface area (Å²) in [6.45, 7) is 0.331. The fourth-order valence-corrected chi connectivity index (χ4v) is 1.37. The molecule has 18 heavy (non-hydrogen) atoms.